The first kappa shape index (κ1) is 16.4. The molecule has 2 heterocycles. The number of para-hydroxylation sites is 1. The SMILES string of the molecule is Cc1ccc(NC(=O)c2cccnc2-c2nc3ccccc3s2)cc1C. The van der Waals surface area contributed by atoms with Gasteiger partial charge in [-0.1, -0.05) is 18.2 Å². The van der Waals surface area contributed by atoms with Gasteiger partial charge < -0.3 is 5.32 Å². The minimum atomic E-state index is -0.185. The molecule has 0 saturated heterocycles. The zero-order valence-electron chi connectivity index (χ0n) is 14.5. The van der Waals surface area contributed by atoms with Gasteiger partial charge in [-0.05, 0) is 61.4 Å². The zero-order valence-corrected chi connectivity index (χ0v) is 15.3. The van der Waals surface area contributed by atoms with Crippen molar-refractivity contribution in [2.45, 2.75) is 13.8 Å². The van der Waals surface area contributed by atoms with Gasteiger partial charge >= 0.3 is 0 Å². The maximum Gasteiger partial charge on any atom is 0.257 e. The van der Waals surface area contributed by atoms with Crippen molar-refractivity contribution < 1.29 is 4.79 Å². The Balaban J connectivity index is 1.70. The van der Waals surface area contributed by atoms with Crippen molar-refractivity contribution in [3.05, 3.63) is 77.5 Å². The van der Waals surface area contributed by atoms with E-state index in [2.05, 4.69) is 15.3 Å². The van der Waals surface area contributed by atoms with Gasteiger partial charge in [0.15, 0.2) is 0 Å². The number of benzene rings is 2. The first-order valence-corrected chi connectivity index (χ1v) is 9.13. The fraction of sp³-hybridized carbons (Fsp3) is 0.0952. The van der Waals surface area contributed by atoms with Crippen molar-refractivity contribution in [2.75, 3.05) is 5.32 Å². The van der Waals surface area contributed by atoms with E-state index in [1.54, 1.807) is 18.3 Å². The zero-order chi connectivity index (χ0) is 18.1. The van der Waals surface area contributed by atoms with Crippen LogP contribution in [0.25, 0.3) is 20.9 Å². The number of nitrogens with one attached hydrogen (secondary N) is 1. The van der Waals surface area contributed by atoms with E-state index in [9.17, 15) is 4.79 Å². The number of nitrogens with zero attached hydrogens (tertiary/aromatic N) is 2. The lowest BCUT2D eigenvalue weighted by Crippen LogP contribution is -2.14. The summed E-state index contributed by atoms with van der Waals surface area (Å²) in [5, 5.41) is 3.72. The number of pyridine rings is 1. The van der Waals surface area contributed by atoms with Crippen LogP contribution in [0.15, 0.2) is 60.8 Å². The molecule has 0 fully saturated rings. The highest BCUT2D eigenvalue weighted by molar-refractivity contribution is 7.21. The molecule has 0 spiro atoms. The van der Waals surface area contributed by atoms with E-state index < -0.39 is 0 Å². The normalized spacial score (nSPS) is 10.8. The predicted octanol–water partition coefficient (Wildman–Crippen LogP) is 5.23. The Bertz CT molecular complexity index is 1080. The number of fused-ring (bicyclic) bond motifs is 1. The number of aromatic nitrogens is 2. The second kappa shape index (κ2) is 6.69. The fourth-order valence-corrected chi connectivity index (χ4v) is 3.73. The van der Waals surface area contributed by atoms with Crippen LogP contribution in [0.2, 0.25) is 0 Å². The summed E-state index contributed by atoms with van der Waals surface area (Å²) in [7, 11) is 0. The molecule has 5 heteroatoms. The molecule has 4 rings (SSSR count). The van der Waals surface area contributed by atoms with E-state index in [4.69, 9.17) is 0 Å². The van der Waals surface area contributed by atoms with Crippen LogP contribution >= 0.6 is 11.3 Å². The number of rotatable bonds is 3. The molecule has 4 nitrogen and oxygen atoms in total. The van der Waals surface area contributed by atoms with Gasteiger partial charge in [0.2, 0.25) is 0 Å². The summed E-state index contributed by atoms with van der Waals surface area (Å²) >= 11 is 1.54. The number of carbonyl (C=O) groups excluding carboxylic acids is 1. The highest BCUT2D eigenvalue weighted by Gasteiger charge is 2.17. The molecule has 1 amide bonds. The van der Waals surface area contributed by atoms with E-state index in [0.29, 0.717) is 11.3 Å². The number of hydrogen-bond donors (Lipinski definition) is 1. The van der Waals surface area contributed by atoms with Gasteiger partial charge in [-0.3, -0.25) is 9.78 Å². The monoisotopic (exact) mass is 359 g/mol. The third-order valence-electron chi connectivity index (χ3n) is 4.31. The van der Waals surface area contributed by atoms with E-state index in [-0.39, 0.29) is 5.91 Å². The standard InChI is InChI=1S/C21H17N3OS/c1-13-9-10-15(12-14(13)2)23-20(25)16-6-5-11-22-19(16)21-24-17-7-3-4-8-18(17)26-21/h3-12H,1-2H3,(H,23,25). The lowest BCUT2D eigenvalue weighted by atomic mass is 10.1. The summed E-state index contributed by atoms with van der Waals surface area (Å²) in [6, 6.07) is 17.4. The molecular formula is C21H17N3OS. The molecule has 0 aliphatic heterocycles. The number of anilines is 1. The quantitative estimate of drug-likeness (QED) is 0.545. The molecule has 0 atom stereocenters. The van der Waals surface area contributed by atoms with E-state index in [1.807, 2.05) is 56.3 Å². The van der Waals surface area contributed by atoms with E-state index in [0.717, 1.165) is 26.5 Å². The summed E-state index contributed by atoms with van der Waals surface area (Å²) in [5.74, 6) is -0.185. The summed E-state index contributed by atoms with van der Waals surface area (Å²) in [6.07, 6.45) is 1.69. The molecule has 0 aliphatic carbocycles. The highest BCUT2D eigenvalue weighted by atomic mass is 32.1. The van der Waals surface area contributed by atoms with Crippen LogP contribution in [-0.4, -0.2) is 15.9 Å². The van der Waals surface area contributed by atoms with Gasteiger partial charge in [0.25, 0.3) is 5.91 Å². The number of aryl methyl sites for hydroxylation is 2. The molecule has 0 unspecified atom stereocenters. The Kier molecular flexibility index (Phi) is 4.22. The lowest BCUT2D eigenvalue weighted by molar-refractivity contribution is 0.102. The van der Waals surface area contributed by atoms with Crippen molar-refractivity contribution in [3.8, 4) is 10.7 Å². The van der Waals surface area contributed by atoms with Gasteiger partial charge in [0.05, 0.1) is 15.8 Å². The molecular weight excluding hydrogens is 342 g/mol. The van der Waals surface area contributed by atoms with Crippen LogP contribution in [0.3, 0.4) is 0 Å². The van der Waals surface area contributed by atoms with Crippen LogP contribution in [0.5, 0.6) is 0 Å². The van der Waals surface area contributed by atoms with Crippen molar-refractivity contribution in [2.24, 2.45) is 0 Å². The number of amides is 1. The molecule has 1 N–H and O–H groups in total. The summed E-state index contributed by atoms with van der Waals surface area (Å²) < 4.78 is 1.08. The van der Waals surface area contributed by atoms with Gasteiger partial charge in [-0.25, -0.2) is 4.98 Å². The van der Waals surface area contributed by atoms with Crippen LogP contribution in [0.4, 0.5) is 5.69 Å². The minimum Gasteiger partial charge on any atom is -0.322 e. The van der Waals surface area contributed by atoms with Crippen LogP contribution < -0.4 is 5.32 Å². The van der Waals surface area contributed by atoms with Crippen LogP contribution in [-0.2, 0) is 0 Å². The van der Waals surface area contributed by atoms with Gasteiger partial charge in [0.1, 0.15) is 10.7 Å². The van der Waals surface area contributed by atoms with Gasteiger partial charge in [-0.2, -0.15) is 0 Å². The van der Waals surface area contributed by atoms with Crippen molar-refractivity contribution >= 4 is 33.1 Å². The fourth-order valence-electron chi connectivity index (χ4n) is 2.75. The summed E-state index contributed by atoms with van der Waals surface area (Å²) in [5.41, 5.74) is 5.15. The number of thiazole rings is 1. The Morgan fingerprint density at radius 2 is 1.85 bits per heavy atom. The van der Waals surface area contributed by atoms with Crippen LogP contribution in [0.1, 0.15) is 21.5 Å². The topological polar surface area (TPSA) is 54.9 Å². The third-order valence-corrected chi connectivity index (χ3v) is 5.36. The van der Waals surface area contributed by atoms with Gasteiger partial charge in [-0.15, -0.1) is 11.3 Å². The average Bonchev–Trinajstić information content (AvgIpc) is 3.09. The molecule has 26 heavy (non-hydrogen) atoms. The Morgan fingerprint density at radius 3 is 2.65 bits per heavy atom. The Morgan fingerprint density at radius 1 is 1.00 bits per heavy atom. The largest absolute Gasteiger partial charge is 0.322 e. The number of hydrogen-bond acceptors (Lipinski definition) is 4. The second-order valence-corrected chi connectivity index (χ2v) is 7.17. The number of carbonyl (C=O) groups is 1. The second-order valence-electron chi connectivity index (χ2n) is 6.14. The summed E-state index contributed by atoms with van der Waals surface area (Å²) in [4.78, 5) is 21.9. The Labute approximate surface area is 155 Å². The lowest BCUT2D eigenvalue weighted by Gasteiger charge is -2.09. The highest BCUT2D eigenvalue weighted by Crippen LogP contribution is 2.31. The first-order valence-electron chi connectivity index (χ1n) is 8.31. The van der Waals surface area contributed by atoms with Crippen molar-refractivity contribution in [1.82, 2.24) is 9.97 Å². The van der Waals surface area contributed by atoms with E-state index >= 15 is 0 Å². The molecule has 2 aromatic heterocycles. The third kappa shape index (κ3) is 3.09. The maximum atomic E-state index is 12.8. The van der Waals surface area contributed by atoms with Crippen LogP contribution in [0, 0.1) is 13.8 Å². The first-order chi connectivity index (χ1) is 12.6. The smallest absolute Gasteiger partial charge is 0.257 e. The van der Waals surface area contributed by atoms with Crippen molar-refractivity contribution in [3.63, 3.8) is 0 Å². The minimum absolute atomic E-state index is 0.185. The maximum absolute atomic E-state index is 12.8. The molecule has 0 saturated carbocycles. The van der Waals surface area contributed by atoms with Gasteiger partial charge in [0, 0.05) is 11.9 Å². The molecule has 4 aromatic rings. The molecule has 0 aliphatic rings. The molecule has 2 aromatic carbocycles. The molecule has 128 valence electrons. The average molecular weight is 359 g/mol. The Hall–Kier alpha value is -3.05. The predicted molar refractivity (Wildman–Crippen MR) is 107 cm³/mol. The summed E-state index contributed by atoms with van der Waals surface area (Å²) in [6.45, 7) is 4.08. The van der Waals surface area contributed by atoms with E-state index in [1.165, 1.54) is 16.9 Å². The molecule has 0 radical (unpaired) electrons. The van der Waals surface area contributed by atoms with Crippen molar-refractivity contribution in [1.29, 1.82) is 0 Å². The molecule has 0 bridgehead atoms.